The minimum atomic E-state index is -0.635. The lowest BCUT2D eigenvalue weighted by molar-refractivity contribution is -0.183. The highest BCUT2D eigenvalue weighted by Gasteiger charge is 2.61. The minimum absolute atomic E-state index is 0.0344. The molecule has 4 fully saturated rings. The van der Waals surface area contributed by atoms with Gasteiger partial charge in [0.05, 0.1) is 12.2 Å². The highest BCUT2D eigenvalue weighted by atomic mass is 16.6. The van der Waals surface area contributed by atoms with Gasteiger partial charge in [0.25, 0.3) is 0 Å². The smallest absolute Gasteiger partial charge is 0.320 e. The van der Waals surface area contributed by atoms with Crippen LogP contribution in [0.1, 0.15) is 71.6 Å². The van der Waals surface area contributed by atoms with Crippen LogP contribution in [0.25, 0.3) is 0 Å². The molecule has 0 aromatic carbocycles. The predicted molar refractivity (Wildman–Crippen MR) is 98.2 cm³/mol. The molecule has 4 aliphatic rings. The number of hydrogen-bond acceptors (Lipinski definition) is 5. The van der Waals surface area contributed by atoms with Crippen LogP contribution in [0.3, 0.4) is 0 Å². The van der Waals surface area contributed by atoms with Crippen LogP contribution in [0.2, 0.25) is 0 Å². The van der Waals surface area contributed by atoms with Crippen LogP contribution in [0, 0.1) is 45.8 Å². The minimum Gasteiger partial charge on any atom is -0.459 e. The predicted octanol–water partition coefficient (Wildman–Crippen LogP) is 3.39. The number of aliphatic hydroxyl groups is 1. The van der Waals surface area contributed by atoms with Gasteiger partial charge in [-0.3, -0.25) is 9.59 Å². The lowest BCUT2D eigenvalue weighted by atomic mass is 9.45. The molecule has 0 bridgehead atoms. The summed E-state index contributed by atoms with van der Waals surface area (Å²) < 4.78 is 5.50. The Morgan fingerprint density at radius 2 is 2.04 bits per heavy atom. The molecule has 4 saturated carbocycles. The molecule has 0 aromatic heterocycles. The molecule has 148 valence electrons. The number of ketones is 1. The summed E-state index contributed by atoms with van der Waals surface area (Å²) in [6.07, 6.45) is 5.98. The summed E-state index contributed by atoms with van der Waals surface area (Å²) in [7, 11) is 0. The van der Waals surface area contributed by atoms with Crippen LogP contribution in [-0.2, 0) is 14.3 Å². The maximum Gasteiger partial charge on any atom is 0.320 e. The fourth-order valence-corrected chi connectivity index (χ4v) is 7.42. The van der Waals surface area contributed by atoms with E-state index in [0.717, 1.165) is 38.5 Å². The average molecular weight is 373 g/mol. The van der Waals surface area contributed by atoms with Crippen molar-refractivity contribution < 1.29 is 19.4 Å². The van der Waals surface area contributed by atoms with Crippen molar-refractivity contribution in [3.63, 3.8) is 0 Å². The van der Waals surface area contributed by atoms with Gasteiger partial charge in [-0.15, -0.1) is 0 Å². The highest BCUT2D eigenvalue weighted by Crippen LogP contribution is 2.65. The molecular formula is C22H31NO4. The molecule has 0 aliphatic heterocycles. The quantitative estimate of drug-likeness (QED) is 0.750. The van der Waals surface area contributed by atoms with E-state index in [1.165, 1.54) is 0 Å². The lowest BCUT2D eigenvalue weighted by Gasteiger charge is -2.60. The van der Waals surface area contributed by atoms with Gasteiger partial charge in [-0.2, -0.15) is 5.26 Å². The van der Waals surface area contributed by atoms with Crippen molar-refractivity contribution in [3.05, 3.63) is 0 Å². The van der Waals surface area contributed by atoms with Crippen LogP contribution in [0.4, 0.5) is 0 Å². The largest absolute Gasteiger partial charge is 0.459 e. The Morgan fingerprint density at radius 1 is 1.26 bits per heavy atom. The van der Waals surface area contributed by atoms with Gasteiger partial charge in [0.1, 0.15) is 18.3 Å². The normalized spacial score (nSPS) is 48.7. The lowest BCUT2D eigenvalue weighted by Crippen LogP contribution is -2.57. The third-order valence-corrected chi connectivity index (χ3v) is 8.88. The van der Waals surface area contributed by atoms with Crippen molar-refractivity contribution in [1.29, 1.82) is 5.26 Å². The number of nitriles is 1. The van der Waals surface area contributed by atoms with Crippen molar-refractivity contribution >= 4 is 11.8 Å². The zero-order valence-electron chi connectivity index (χ0n) is 16.4. The van der Waals surface area contributed by atoms with Gasteiger partial charge in [-0.05, 0) is 74.0 Å². The van der Waals surface area contributed by atoms with Crippen LogP contribution in [0.5, 0.6) is 0 Å². The van der Waals surface area contributed by atoms with E-state index in [1.807, 2.05) is 6.07 Å². The van der Waals surface area contributed by atoms with E-state index in [0.29, 0.717) is 42.3 Å². The number of Topliss-reactive ketones (excluding diaryl/α,β-unsaturated/α-hetero) is 1. The number of ether oxygens (including phenoxy) is 1. The van der Waals surface area contributed by atoms with Crippen molar-refractivity contribution in [1.82, 2.24) is 0 Å². The van der Waals surface area contributed by atoms with Crippen molar-refractivity contribution in [3.8, 4) is 6.07 Å². The molecule has 27 heavy (non-hydrogen) atoms. The third-order valence-electron chi connectivity index (χ3n) is 8.88. The summed E-state index contributed by atoms with van der Waals surface area (Å²) >= 11 is 0. The van der Waals surface area contributed by atoms with Crippen molar-refractivity contribution in [2.24, 2.45) is 34.5 Å². The summed E-state index contributed by atoms with van der Waals surface area (Å²) in [6, 6.07) is 1.83. The Kier molecular flexibility index (Phi) is 4.62. The first kappa shape index (κ1) is 18.9. The number of carbonyl (C=O) groups excluding carboxylic acids is 2. The van der Waals surface area contributed by atoms with Gasteiger partial charge < -0.3 is 9.84 Å². The number of hydrogen-bond donors (Lipinski definition) is 1. The molecule has 4 rings (SSSR count). The topological polar surface area (TPSA) is 87.4 Å². The Morgan fingerprint density at radius 3 is 2.78 bits per heavy atom. The van der Waals surface area contributed by atoms with Crippen LogP contribution >= 0.6 is 0 Å². The monoisotopic (exact) mass is 373 g/mol. The SMILES string of the molecule is CC12CCC3C(CCC4CC(O)C(OC(=O)CC#N)CC43C)C1CCC2=O. The third kappa shape index (κ3) is 2.83. The maximum absolute atomic E-state index is 12.5. The first-order valence-corrected chi connectivity index (χ1v) is 10.6. The van der Waals surface area contributed by atoms with Crippen molar-refractivity contribution in [2.75, 3.05) is 0 Å². The van der Waals surface area contributed by atoms with Crippen LogP contribution < -0.4 is 0 Å². The zero-order valence-corrected chi connectivity index (χ0v) is 16.4. The van der Waals surface area contributed by atoms with Crippen molar-refractivity contribution in [2.45, 2.75) is 83.8 Å². The van der Waals surface area contributed by atoms with E-state index < -0.39 is 18.2 Å². The van der Waals surface area contributed by atoms with Gasteiger partial charge in [0, 0.05) is 11.8 Å². The summed E-state index contributed by atoms with van der Waals surface area (Å²) in [5, 5.41) is 19.3. The molecule has 4 aliphatic carbocycles. The first-order valence-electron chi connectivity index (χ1n) is 10.6. The molecule has 0 spiro atoms. The number of fused-ring (bicyclic) bond motifs is 5. The standard InChI is InChI=1S/C22H31NO4/c1-21-9-7-16-14(15(21)5-6-19(21)25)4-3-13-11-17(24)18(12-22(13,16)2)27-20(26)8-10-23/h13-18,24H,3-9,11-12H2,1-2H3. The Labute approximate surface area is 161 Å². The van der Waals surface area contributed by atoms with Crippen LogP contribution in [-0.4, -0.2) is 29.1 Å². The molecule has 8 unspecified atom stereocenters. The summed E-state index contributed by atoms with van der Waals surface area (Å²) in [5.74, 6) is 1.97. The average Bonchev–Trinajstić information content (AvgIpc) is 2.92. The summed E-state index contributed by atoms with van der Waals surface area (Å²) in [4.78, 5) is 24.4. The number of carbonyl (C=O) groups is 2. The molecule has 5 heteroatoms. The van der Waals surface area contributed by atoms with E-state index in [2.05, 4.69) is 13.8 Å². The Balaban J connectivity index is 1.56. The van der Waals surface area contributed by atoms with E-state index in [1.54, 1.807) is 0 Å². The molecule has 0 amide bonds. The molecule has 0 heterocycles. The maximum atomic E-state index is 12.5. The Hall–Kier alpha value is -1.41. The number of esters is 1. The zero-order chi connectivity index (χ0) is 19.4. The van der Waals surface area contributed by atoms with Gasteiger partial charge in [0.15, 0.2) is 0 Å². The second-order valence-electron chi connectivity index (χ2n) is 9.95. The number of nitrogens with zero attached hydrogens (tertiary/aromatic N) is 1. The fraction of sp³-hybridized carbons (Fsp3) is 0.864. The molecule has 0 aromatic rings. The molecule has 8 atom stereocenters. The first-order chi connectivity index (χ1) is 12.8. The van der Waals surface area contributed by atoms with Gasteiger partial charge in [-0.1, -0.05) is 13.8 Å². The van der Waals surface area contributed by atoms with Gasteiger partial charge in [0.2, 0.25) is 0 Å². The fourth-order valence-electron chi connectivity index (χ4n) is 7.42. The van der Waals surface area contributed by atoms with E-state index in [4.69, 9.17) is 10.00 Å². The van der Waals surface area contributed by atoms with E-state index >= 15 is 0 Å². The van der Waals surface area contributed by atoms with E-state index in [9.17, 15) is 14.7 Å². The van der Waals surface area contributed by atoms with Gasteiger partial charge >= 0.3 is 5.97 Å². The van der Waals surface area contributed by atoms with E-state index in [-0.39, 0.29) is 17.3 Å². The molecule has 1 N–H and O–H groups in total. The highest BCUT2D eigenvalue weighted by molar-refractivity contribution is 5.87. The van der Waals surface area contributed by atoms with Gasteiger partial charge in [-0.25, -0.2) is 0 Å². The molecule has 5 nitrogen and oxygen atoms in total. The van der Waals surface area contributed by atoms with Crippen LogP contribution in [0.15, 0.2) is 0 Å². The second-order valence-corrected chi connectivity index (χ2v) is 9.95. The molecular weight excluding hydrogens is 342 g/mol. The Bertz CT molecular complexity index is 684. The molecule has 0 saturated heterocycles. The summed E-state index contributed by atoms with van der Waals surface area (Å²) in [5.41, 5.74) is -0.0933. The molecule has 0 radical (unpaired) electrons. The number of rotatable bonds is 2. The number of aliphatic hydroxyl groups excluding tert-OH is 1. The second kappa shape index (κ2) is 6.58. The summed E-state index contributed by atoms with van der Waals surface area (Å²) in [6.45, 7) is 4.51.